The Kier molecular flexibility index (Phi) is 25.2. The molecule has 60 heavy (non-hydrogen) atoms. The van der Waals surface area contributed by atoms with E-state index in [1.807, 2.05) is 42.5 Å². The van der Waals surface area contributed by atoms with E-state index in [4.69, 9.17) is 38.4 Å². The molecule has 3 aromatic rings. The second-order valence-corrected chi connectivity index (χ2v) is 13.4. The molecule has 0 aromatic heterocycles. The summed E-state index contributed by atoms with van der Waals surface area (Å²) >= 11 is 0. The van der Waals surface area contributed by atoms with Crippen LogP contribution in [-0.2, 0) is 39.8 Å². The number of amides is 4. The molecule has 0 heterocycles. The fourth-order valence-corrected chi connectivity index (χ4v) is 5.65. The number of carbonyl (C=O) groups is 4. The molecule has 1 radical (unpaired) electrons. The summed E-state index contributed by atoms with van der Waals surface area (Å²) in [6, 6.07) is 20.2. The molecule has 329 valence electrons. The third-order valence-electron chi connectivity index (χ3n) is 8.82. The van der Waals surface area contributed by atoms with E-state index in [-0.39, 0.29) is 30.7 Å². The molecule has 0 atom stereocenters. The molecule has 0 bridgehead atoms. The van der Waals surface area contributed by atoms with Crippen LogP contribution in [0.1, 0.15) is 66.4 Å². The van der Waals surface area contributed by atoms with Crippen LogP contribution in [0.25, 0.3) is 0 Å². The van der Waals surface area contributed by atoms with Crippen LogP contribution in [0.3, 0.4) is 0 Å². The minimum atomic E-state index is -0.408. The maximum atomic E-state index is 12.4. The van der Waals surface area contributed by atoms with Crippen molar-refractivity contribution < 1.29 is 57.5 Å². The number of rotatable bonds is 33. The largest absolute Gasteiger partial charge is 0.493 e. The monoisotopic (exact) mass is 837 g/mol. The van der Waals surface area contributed by atoms with Crippen molar-refractivity contribution in [2.24, 2.45) is 0 Å². The first-order chi connectivity index (χ1) is 29.3. The standard InChI is InChI=1S/C44H61N4O12/c1-54-39-20-15-35(32-40(39)55-2)10-7-9-34-11-8-12-38(31-34)60-33-43(51)45-21-23-56-25-27-58-29-30-59-28-26-57-24-22-46-44(52)36-16-18-37(19-17-36)47-41(49)13-5-3-4-6-14-42(50)48-53/h8-9,11-12,15-20,31-32,53H,3-7,10,13-14,21-30,33H2,1-2H3,(H,45,51)(H,46,52)(H,47,49)(H,48,50). The van der Waals surface area contributed by atoms with E-state index in [9.17, 15) is 19.2 Å². The molecule has 16 nitrogen and oxygen atoms in total. The highest BCUT2D eigenvalue weighted by Crippen LogP contribution is 2.28. The minimum absolute atomic E-state index is 0.0949. The molecule has 0 aliphatic rings. The predicted octanol–water partition coefficient (Wildman–Crippen LogP) is 4.66. The van der Waals surface area contributed by atoms with E-state index in [1.54, 1.807) is 44.0 Å². The van der Waals surface area contributed by atoms with Crippen LogP contribution in [0.5, 0.6) is 17.2 Å². The molecule has 0 aliphatic carbocycles. The molecule has 0 fully saturated rings. The van der Waals surface area contributed by atoms with Crippen molar-refractivity contribution in [3.05, 3.63) is 89.8 Å². The second-order valence-electron chi connectivity index (χ2n) is 13.4. The Morgan fingerprint density at radius 3 is 1.88 bits per heavy atom. The van der Waals surface area contributed by atoms with Crippen LogP contribution in [-0.4, -0.2) is 116 Å². The number of hydroxylamine groups is 1. The first-order valence-electron chi connectivity index (χ1n) is 20.3. The molecule has 0 spiro atoms. The summed E-state index contributed by atoms with van der Waals surface area (Å²) in [4.78, 5) is 47.8. The molecule has 3 aromatic carbocycles. The Morgan fingerprint density at radius 1 is 0.633 bits per heavy atom. The van der Waals surface area contributed by atoms with Crippen molar-refractivity contribution in [1.29, 1.82) is 0 Å². The molecule has 0 aliphatic heterocycles. The number of anilines is 1. The molecule has 0 saturated carbocycles. The lowest BCUT2D eigenvalue weighted by Gasteiger charge is -2.10. The maximum absolute atomic E-state index is 12.4. The SMILES string of the molecule is COc1ccc(CC[CH]c2cccc(OCC(=O)NCCOCCOCCOCCOCCNC(=O)c3ccc(NC(=O)CCCCCCC(=O)NO)cc3)c2)cc1OC. The van der Waals surface area contributed by atoms with E-state index in [1.165, 1.54) is 0 Å². The summed E-state index contributed by atoms with van der Waals surface area (Å²) in [6.45, 7) is 3.62. The summed E-state index contributed by atoms with van der Waals surface area (Å²) in [5, 5.41) is 16.9. The summed E-state index contributed by atoms with van der Waals surface area (Å²) in [5.74, 6) is 1.03. The van der Waals surface area contributed by atoms with Gasteiger partial charge < -0.3 is 49.1 Å². The maximum Gasteiger partial charge on any atom is 0.258 e. The van der Waals surface area contributed by atoms with Gasteiger partial charge in [0, 0.05) is 37.2 Å². The van der Waals surface area contributed by atoms with Crippen LogP contribution in [0.4, 0.5) is 5.69 Å². The van der Waals surface area contributed by atoms with Crippen LogP contribution < -0.4 is 35.6 Å². The van der Waals surface area contributed by atoms with Gasteiger partial charge in [-0.25, -0.2) is 5.48 Å². The van der Waals surface area contributed by atoms with Crippen molar-refractivity contribution in [2.75, 3.05) is 92.1 Å². The van der Waals surface area contributed by atoms with Crippen molar-refractivity contribution in [3.8, 4) is 17.2 Å². The third kappa shape index (κ3) is 21.7. The normalized spacial score (nSPS) is 10.8. The lowest BCUT2D eigenvalue weighted by atomic mass is 10.0. The molecular formula is C44H61N4O12. The van der Waals surface area contributed by atoms with E-state index < -0.39 is 5.91 Å². The van der Waals surface area contributed by atoms with Gasteiger partial charge in [-0.3, -0.25) is 24.4 Å². The van der Waals surface area contributed by atoms with Crippen LogP contribution in [0, 0.1) is 6.42 Å². The van der Waals surface area contributed by atoms with Gasteiger partial charge in [0.05, 0.1) is 67.1 Å². The van der Waals surface area contributed by atoms with Crippen molar-refractivity contribution >= 4 is 29.3 Å². The number of ether oxygens (including phenoxy) is 7. The average Bonchev–Trinajstić information content (AvgIpc) is 3.26. The van der Waals surface area contributed by atoms with Gasteiger partial charge >= 0.3 is 0 Å². The van der Waals surface area contributed by atoms with Gasteiger partial charge in [-0.15, -0.1) is 0 Å². The highest BCUT2D eigenvalue weighted by atomic mass is 16.6. The fourth-order valence-electron chi connectivity index (χ4n) is 5.65. The van der Waals surface area contributed by atoms with Crippen LogP contribution in [0.15, 0.2) is 66.7 Å². The van der Waals surface area contributed by atoms with Crippen molar-refractivity contribution in [3.63, 3.8) is 0 Å². The third-order valence-corrected chi connectivity index (χ3v) is 8.82. The lowest BCUT2D eigenvalue weighted by Crippen LogP contribution is -2.31. The van der Waals surface area contributed by atoms with Gasteiger partial charge in [-0.1, -0.05) is 31.0 Å². The highest BCUT2D eigenvalue weighted by molar-refractivity contribution is 5.95. The average molecular weight is 838 g/mol. The zero-order valence-electron chi connectivity index (χ0n) is 34.8. The Bertz CT molecular complexity index is 1690. The van der Waals surface area contributed by atoms with Crippen molar-refractivity contribution in [2.45, 2.75) is 51.4 Å². The van der Waals surface area contributed by atoms with E-state index in [2.05, 4.69) is 22.4 Å². The predicted molar refractivity (Wildman–Crippen MR) is 225 cm³/mol. The summed E-state index contributed by atoms with van der Waals surface area (Å²) < 4.78 is 38.4. The number of nitrogens with one attached hydrogen (secondary N) is 4. The quantitative estimate of drug-likeness (QED) is 0.0323. The summed E-state index contributed by atoms with van der Waals surface area (Å²) in [7, 11) is 3.24. The Morgan fingerprint density at radius 2 is 1.25 bits per heavy atom. The van der Waals surface area contributed by atoms with E-state index >= 15 is 0 Å². The Hall–Kier alpha value is -5.26. The molecule has 0 unspecified atom stereocenters. The van der Waals surface area contributed by atoms with Gasteiger partial charge in [-0.05, 0) is 91.8 Å². The Labute approximate surface area is 352 Å². The second kappa shape index (κ2) is 30.7. The summed E-state index contributed by atoms with van der Waals surface area (Å²) in [5.41, 5.74) is 4.83. The number of hydrogen-bond donors (Lipinski definition) is 5. The number of unbranched alkanes of at least 4 members (excludes halogenated alkanes) is 3. The molecule has 4 amide bonds. The van der Waals surface area contributed by atoms with Crippen molar-refractivity contribution in [1.82, 2.24) is 16.1 Å². The van der Waals surface area contributed by atoms with Crippen LogP contribution in [0.2, 0.25) is 0 Å². The van der Waals surface area contributed by atoms with Gasteiger partial charge in [0.15, 0.2) is 18.1 Å². The number of carbonyl (C=O) groups excluding carboxylic acids is 4. The molecule has 16 heteroatoms. The van der Waals surface area contributed by atoms with E-state index in [0.29, 0.717) is 114 Å². The van der Waals surface area contributed by atoms with Gasteiger partial charge in [-0.2, -0.15) is 0 Å². The first kappa shape index (κ1) is 49.1. The zero-order valence-corrected chi connectivity index (χ0v) is 34.8. The highest BCUT2D eigenvalue weighted by Gasteiger charge is 2.09. The molecular weight excluding hydrogens is 776 g/mol. The zero-order chi connectivity index (χ0) is 43.0. The Balaban J connectivity index is 1.08. The smallest absolute Gasteiger partial charge is 0.258 e. The topological polar surface area (TPSA) is 201 Å². The van der Waals surface area contributed by atoms with Gasteiger partial charge in [0.2, 0.25) is 11.8 Å². The summed E-state index contributed by atoms with van der Waals surface area (Å²) in [6.07, 6.45) is 7.36. The van der Waals surface area contributed by atoms with Gasteiger partial charge in [0.1, 0.15) is 5.75 Å². The fraction of sp³-hybridized carbons (Fsp3) is 0.477. The number of hydrogen-bond acceptors (Lipinski definition) is 12. The first-order valence-corrected chi connectivity index (χ1v) is 20.3. The molecule has 3 rings (SSSR count). The molecule has 0 saturated heterocycles. The molecule has 5 N–H and O–H groups in total. The van der Waals surface area contributed by atoms with E-state index in [0.717, 1.165) is 36.8 Å². The number of methoxy groups -OCH3 is 2. The lowest BCUT2D eigenvalue weighted by molar-refractivity contribution is -0.129. The number of aryl methyl sites for hydroxylation is 1. The number of benzene rings is 3. The minimum Gasteiger partial charge on any atom is -0.493 e. The van der Waals surface area contributed by atoms with Crippen LogP contribution >= 0.6 is 0 Å². The van der Waals surface area contributed by atoms with Gasteiger partial charge in [0.25, 0.3) is 11.8 Å².